The highest BCUT2D eigenvalue weighted by Crippen LogP contribution is 2.18. The monoisotopic (exact) mass is 241 g/mol. The van der Waals surface area contributed by atoms with Gasteiger partial charge in [-0.3, -0.25) is 4.79 Å². The van der Waals surface area contributed by atoms with Gasteiger partial charge in [-0.25, -0.2) is 9.97 Å². The van der Waals surface area contributed by atoms with Crippen molar-refractivity contribution >= 4 is 23.5 Å². The van der Waals surface area contributed by atoms with Gasteiger partial charge in [0, 0.05) is 13.1 Å². The second-order valence-electron chi connectivity index (χ2n) is 3.75. The summed E-state index contributed by atoms with van der Waals surface area (Å²) in [5.74, 6) is -0.372. The molecule has 0 saturated carbocycles. The first-order chi connectivity index (χ1) is 7.65. The summed E-state index contributed by atoms with van der Waals surface area (Å²) in [6.07, 6.45) is 2.11. The minimum atomic E-state index is -0.915. The van der Waals surface area contributed by atoms with E-state index in [-0.39, 0.29) is 6.42 Å². The largest absolute Gasteiger partial charge is 0.481 e. The molecule has 0 bridgehead atoms. The van der Waals surface area contributed by atoms with E-state index in [9.17, 15) is 4.79 Å². The van der Waals surface area contributed by atoms with Crippen molar-refractivity contribution in [2.24, 2.45) is 0 Å². The van der Waals surface area contributed by atoms with Crippen LogP contribution >= 0.6 is 11.6 Å². The van der Waals surface area contributed by atoms with Gasteiger partial charge in [0.25, 0.3) is 0 Å². The zero-order valence-corrected chi connectivity index (χ0v) is 9.44. The molecule has 0 atom stereocenters. The van der Waals surface area contributed by atoms with E-state index in [0.717, 1.165) is 25.9 Å². The minimum absolute atomic E-state index is 0.122. The smallest absolute Gasteiger partial charge is 0.309 e. The predicted octanol–water partition coefficient (Wildman–Crippen LogP) is 1.36. The van der Waals surface area contributed by atoms with Crippen LogP contribution in [-0.2, 0) is 11.2 Å². The molecule has 0 unspecified atom stereocenters. The van der Waals surface area contributed by atoms with Crippen LogP contribution in [0.2, 0.25) is 5.15 Å². The molecule has 6 heteroatoms. The molecule has 1 N–H and O–H groups in total. The second kappa shape index (κ2) is 4.65. The molecule has 0 aliphatic carbocycles. The molecule has 2 rings (SSSR count). The Balaban J connectivity index is 2.24. The molecule has 1 fully saturated rings. The van der Waals surface area contributed by atoms with Gasteiger partial charge < -0.3 is 10.0 Å². The average Bonchev–Trinajstić information content (AvgIpc) is 2.67. The highest BCUT2D eigenvalue weighted by atomic mass is 35.5. The molecule has 1 saturated heterocycles. The Morgan fingerprint density at radius 1 is 1.44 bits per heavy atom. The topological polar surface area (TPSA) is 66.3 Å². The Bertz CT molecular complexity index is 405. The number of anilines is 1. The number of halogens is 1. The van der Waals surface area contributed by atoms with E-state index in [1.807, 2.05) is 4.90 Å². The van der Waals surface area contributed by atoms with Crippen LogP contribution in [0.4, 0.5) is 5.95 Å². The number of carbonyl (C=O) groups is 1. The van der Waals surface area contributed by atoms with Gasteiger partial charge in [0.2, 0.25) is 5.95 Å². The first-order valence-corrected chi connectivity index (χ1v) is 5.53. The van der Waals surface area contributed by atoms with Gasteiger partial charge in [0.15, 0.2) is 0 Å². The summed E-state index contributed by atoms with van der Waals surface area (Å²) in [5.41, 5.74) is 0.453. The Labute approximate surface area is 98.1 Å². The molecule has 1 aliphatic rings. The van der Waals surface area contributed by atoms with Crippen LogP contribution in [0.3, 0.4) is 0 Å². The Hall–Kier alpha value is -1.36. The average molecular weight is 242 g/mol. The predicted molar refractivity (Wildman–Crippen MR) is 59.8 cm³/mol. The molecule has 2 heterocycles. The summed E-state index contributed by atoms with van der Waals surface area (Å²) in [6.45, 7) is 1.82. The summed E-state index contributed by atoms with van der Waals surface area (Å²) in [6, 6.07) is 1.50. The number of aliphatic carboxylic acids is 1. The van der Waals surface area contributed by atoms with E-state index in [1.165, 1.54) is 6.07 Å². The summed E-state index contributed by atoms with van der Waals surface area (Å²) in [4.78, 5) is 20.9. The third kappa shape index (κ3) is 2.61. The third-order valence-electron chi connectivity index (χ3n) is 2.46. The molecule has 0 spiro atoms. The zero-order valence-electron chi connectivity index (χ0n) is 8.69. The van der Waals surface area contributed by atoms with Crippen molar-refractivity contribution in [2.45, 2.75) is 19.3 Å². The maximum Gasteiger partial charge on any atom is 0.309 e. The van der Waals surface area contributed by atoms with Gasteiger partial charge >= 0.3 is 5.97 Å². The summed E-state index contributed by atoms with van der Waals surface area (Å²) in [7, 11) is 0. The van der Waals surface area contributed by atoms with Gasteiger partial charge in [-0.15, -0.1) is 0 Å². The van der Waals surface area contributed by atoms with Crippen LogP contribution < -0.4 is 4.90 Å². The van der Waals surface area contributed by atoms with Crippen molar-refractivity contribution in [2.75, 3.05) is 18.0 Å². The van der Waals surface area contributed by atoms with Crippen molar-refractivity contribution in [3.05, 3.63) is 16.9 Å². The number of hydrogen-bond acceptors (Lipinski definition) is 4. The highest BCUT2D eigenvalue weighted by molar-refractivity contribution is 6.29. The maximum absolute atomic E-state index is 10.6. The van der Waals surface area contributed by atoms with Gasteiger partial charge in [0.1, 0.15) is 5.15 Å². The number of hydrogen-bond donors (Lipinski definition) is 1. The van der Waals surface area contributed by atoms with Crippen molar-refractivity contribution in [1.29, 1.82) is 0 Å². The lowest BCUT2D eigenvalue weighted by molar-refractivity contribution is -0.136. The lowest BCUT2D eigenvalue weighted by Crippen LogP contribution is -2.21. The number of nitrogens with zero attached hydrogens (tertiary/aromatic N) is 3. The van der Waals surface area contributed by atoms with Crippen LogP contribution in [0.15, 0.2) is 6.07 Å². The first-order valence-electron chi connectivity index (χ1n) is 5.15. The fraction of sp³-hybridized carbons (Fsp3) is 0.500. The molecule has 86 valence electrons. The normalized spacial score (nSPS) is 15.4. The molecule has 0 amide bonds. The van der Waals surface area contributed by atoms with Gasteiger partial charge in [-0.05, 0) is 18.9 Å². The van der Waals surface area contributed by atoms with Crippen molar-refractivity contribution in [3.63, 3.8) is 0 Å². The standard InChI is InChI=1S/C10H12ClN3O2/c11-8-5-7(6-9(15)16)12-10(13-8)14-3-1-2-4-14/h5H,1-4,6H2,(H,15,16). The first kappa shape index (κ1) is 11.1. The number of aromatic nitrogens is 2. The van der Waals surface area contributed by atoms with Gasteiger partial charge in [-0.2, -0.15) is 0 Å². The summed E-state index contributed by atoms with van der Waals surface area (Å²) >= 11 is 5.84. The Morgan fingerprint density at radius 2 is 2.12 bits per heavy atom. The zero-order chi connectivity index (χ0) is 11.5. The second-order valence-corrected chi connectivity index (χ2v) is 4.13. The van der Waals surface area contributed by atoms with Crippen LogP contribution in [0.1, 0.15) is 18.5 Å². The van der Waals surface area contributed by atoms with Crippen LogP contribution in [0.25, 0.3) is 0 Å². The number of carboxylic acid groups (broad SMARTS) is 1. The third-order valence-corrected chi connectivity index (χ3v) is 2.65. The Kier molecular flexibility index (Phi) is 3.24. The number of carboxylic acids is 1. The molecular weight excluding hydrogens is 230 g/mol. The highest BCUT2D eigenvalue weighted by Gasteiger charge is 2.16. The van der Waals surface area contributed by atoms with Crippen molar-refractivity contribution in [1.82, 2.24) is 9.97 Å². The molecule has 5 nitrogen and oxygen atoms in total. The fourth-order valence-electron chi connectivity index (χ4n) is 1.76. The maximum atomic E-state index is 10.6. The SMILES string of the molecule is O=C(O)Cc1cc(Cl)nc(N2CCCC2)n1. The molecule has 16 heavy (non-hydrogen) atoms. The van der Waals surface area contributed by atoms with Gasteiger partial charge in [0.05, 0.1) is 12.1 Å². The Morgan fingerprint density at radius 3 is 2.75 bits per heavy atom. The molecule has 0 radical (unpaired) electrons. The van der Waals surface area contributed by atoms with E-state index < -0.39 is 5.97 Å². The van der Waals surface area contributed by atoms with E-state index >= 15 is 0 Å². The molecule has 0 aromatic carbocycles. The molecule has 1 aromatic heterocycles. The van der Waals surface area contributed by atoms with E-state index in [2.05, 4.69) is 9.97 Å². The fourth-order valence-corrected chi connectivity index (χ4v) is 1.96. The molecular formula is C10H12ClN3O2. The van der Waals surface area contributed by atoms with Crippen LogP contribution in [0, 0.1) is 0 Å². The van der Waals surface area contributed by atoms with E-state index in [1.54, 1.807) is 0 Å². The van der Waals surface area contributed by atoms with Crippen LogP contribution in [-0.4, -0.2) is 34.1 Å². The summed E-state index contributed by atoms with van der Waals surface area (Å²) < 4.78 is 0. The minimum Gasteiger partial charge on any atom is -0.481 e. The number of rotatable bonds is 3. The lowest BCUT2D eigenvalue weighted by atomic mass is 10.3. The summed E-state index contributed by atoms with van der Waals surface area (Å²) in [5, 5.41) is 9.00. The van der Waals surface area contributed by atoms with Crippen molar-refractivity contribution in [3.8, 4) is 0 Å². The van der Waals surface area contributed by atoms with E-state index in [4.69, 9.17) is 16.7 Å². The van der Waals surface area contributed by atoms with E-state index in [0.29, 0.717) is 16.8 Å². The van der Waals surface area contributed by atoms with Gasteiger partial charge in [-0.1, -0.05) is 11.6 Å². The molecule has 1 aromatic rings. The van der Waals surface area contributed by atoms with Crippen LogP contribution in [0.5, 0.6) is 0 Å². The molecule has 1 aliphatic heterocycles. The quantitative estimate of drug-likeness (QED) is 0.810. The lowest BCUT2D eigenvalue weighted by Gasteiger charge is -2.15. The van der Waals surface area contributed by atoms with Crippen molar-refractivity contribution < 1.29 is 9.90 Å².